The summed E-state index contributed by atoms with van der Waals surface area (Å²) in [6.45, 7) is 3.38. The Bertz CT molecular complexity index is 1110. The number of nitrogens with two attached hydrogens (primary N) is 1. The highest BCUT2D eigenvalue weighted by Crippen LogP contribution is 2.30. The van der Waals surface area contributed by atoms with E-state index in [0.29, 0.717) is 22.5 Å². The first kappa shape index (κ1) is 23.0. The van der Waals surface area contributed by atoms with Gasteiger partial charge in [0.1, 0.15) is 0 Å². The third-order valence-electron chi connectivity index (χ3n) is 4.77. The number of ether oxygens (including phenoxy) is 1. The van der Waals surface area contributed by atoms with Crippen LogP contribution < -0.4 is 16.4 Å². The number of carbonyl (C=O) groups excluding carboxylic acids is 3. The third-order valence-corrected chi connectivity index (χ3v) is 5.69. The summed E-state index contributed by atoms with van der Waals surface area (Å²) in [5, 5.41) is 7.31. The van der Waals surface area contributed by atoms with Gasteiger partial charge in [-0.25, -0.2) is 0 Å². The Morgan fingerprint density at radius 3 is 2.34 bits per heavy atom. The molecule has 0 aliphatic heterocycles. The molecule has 0 fully saturated rings. The lowest BCUT2D eigenvalue weighted by molar-refractivity contribution is -0.159. The lowest BCUT2D eigenvalue weighted by atomic mass is 10.0. The van der Waals surface area contributed by atoms with E-state index >= 15 is 0 Å². The molecule has 8 heteroatoms. The summed E-state index contributed by atoms with van der Waals surface area (Å²) in [6, 6.07) is 15.8. The minimum Gasteiger partial charge on any atom is -0.447 e. The maximum absolute atomic E-state index is 12.8. The van der Waals surface area contributed by atoms with Crippen molar-refractivity contribution < 1.29 is 19.1 Å². The lowest BCUT2D eigenvalue weighted by Crippen LogP contribution is -2.30. The maximum Gasteiger partial charge on any atom is 0.309 e. The molecule has 2 amide bonds. The molecule has 0 saturated heterocycles. The van der Waals surface area contributed by atoms with Crippen LogP contribution in [0.25, 0.3) is 10.4 Å². The van der Waals surface area contributed by atoms with Crippen molar-refractivity contribution in [1.82, 2.24) is 5.32 Å². The monoisotopic (exact) mass is 451 g/mol. The van der Waals surface area contributed by atoms with Crippen LogP contribution in [0.5, 0.6) is 0 Å². The summed E-state index contributed by atoms with van der Waals surface area (Å²) in [6.07, 6.45) is -1.09. The fraction of sp³-hybridized carbons (Fsp3) is 0.208. The summed E-state index contributed by atoms with van der Waals surface area (Å²) >= 11 is 1.60. The fourth-order valence-corrected chi connectivity index (χ4v) is 3.64. The molecular formula is C24H25N3O4S. The van der Waals surface area contributed by atoms with Crippen molar-refractivity contribution in [1.29, 1.82) is 0 Å². The number of likely N-dealkylation sites (N-methyl/N-ethyl adjacent to an activating group) is 1. The van der Waals surface area contributed by atoms with Crippen LogP contribution in [0.1, 0.15) is 35.9 Å². The summed E-state index contributed by atoms with van der Waals surface area (Å²) in [5.74, 6) is -1.65. The molecule has 0 aliphatic rings. The number of nitrogen functional groups attached to an aromatic ring is 1. The summed E-state index contributed by atoms with van der Waals surface area (Å²) in [4.78, 5) is 38.1. The number of hydrogen-bond acceptors (Lipinski definition) is 6. The van der Waals surface area contributed by atoms with Gasteiger partial charge in [-0.15, -0.1) is 11.3 Å². The zero-order chi connectivity index (χ0) is 23.3. The maximum atomic E-state index is 12.8. The highest BCUT2D eigenvalue weighted by Gasteiger charge is 2.25. The van der Waals surface area contributed by atoms with Gasteiger partial charge in [0, 0.05) is 23.1 Å². The standard InChI is InChI=1S/C24H25N3O4S/c1-14(2)24(30)31-21(23(29)26-3)15-6-8-16(9-7-15)22(28)27-19-13-17(10-11-18(19)25)20-5-4-12-32-20/h4-14,21H,25H2,1-3H3,(H,26,29)(H,27,28). The quantitative estimate of drug-likeness (QED) is 0.368. The van der Waals surface area contributed by atoms with Gasteiger partial charge in [0.25, 0.3) is 11.8 Å². The topological polar surface area (TPSA) is 111 Å². The first-order chi connectivity index (χ1) is 15.3. The van der Waals surface area contributed by atoms with Gasteiger partial charge >= 0.3 is 5.97 Å². The second-order valence-electron chi connectivity index (χ2n) is 7.44. The van der Waals surface area contributed by atoms with Crippen molar-refractivity contribution >= 4 is 40.5 Å². The van der Waals surface area contributed by atoms with Crippen LogP contribution >= 0.6 is 11.3 Å². The first-order valence-electron chi connectivity index (χ1n) is 10.1. The van der Waals surface area contributed by atoms with Crippen molar-refractivity contribution in [2.24, 2.45) is 5.92 Å². The van der Waals surface area contributed by atoms with E-state index in [1.807, 2.05) is 29.6 Å². The van der Waals surface area contributed by atoms with Crippen molar-refractivity contribution in [3.63, 3.8) is 0 Å². The molecule has 3 rings (SSSR count). The van der Waals surface area contributed by atoms with Gasteiger partial charge in [-0.3, -0.25) is 14.4 Å². The van der Waals surface area contributed by atoms with Gasteiger partial charge in [0.15, 0.2) is 0 Å². The number of rotatable bonds is 7. The number of amides is 2. The summed E-state index contributed by atoms with van der Waals surface area (Å²) < 4.78 is 5.34. The molecule has 1 atom stereocenters. The van der Waals surface area contributed by atoms with Gasteiger partial charge in [-0.1, -0.05) is 38.1 Å². The SMILES string of the molecule is CNC(=O)C(OC(=O)C(C)C)c1ccc(C(=O)Nc2cc(-c3cccs3)ccc2N)cc1. The van der Waals surface area contributed by atoms with E-state index in [4.69, 9.17) is 10.5 Å². The molecule has 0 radical (unpaired) electrons. The molecule has 3 aromatic rings. The average Bonchev–Trinajstić information content (AvgIpc) is 3.33. The van der Waals surface area contributed by atoms with Gasteiger partial charge in [0.2, 0.25) is 6.10 Å². The second-order valence-corrected chi connectivity index (χ2v) is 8.39. The van der Waals surface area contributed by atoms with Gasteiger partial charge in [0.05, 0.1) is 17.3 Å². The Labute approximate surface area is 190 Å². The van der Waals surface area contributed by atoms with Crippen molar-refractivity contribution in [2.45, 2.75) is 20.0 Å². The van der Waals surface area contributed by atoms with Gasteiger partial charge in [-0.2, -0.15) is 0 Å². The Hall–Kier alpha value is -3.65. The van der Waals surface area contributed by atoms with Gasteiger partial charge in [-0.05, 0) is 41.3 Å². The predicted octanol–water partition coefficient (Wildman–Crippen LogP) is 4.24. The molecule has 2 aromatic carbocycles. The molecule has 1 heterocycles. The molecule has 4 N–H and O–H groups in total. The number of thiophene rings is 1. The molecule has 0 spiro atoms. The van der Waals surface area contributed by atoms with Crippen molar-refractivity contribution in [3.8, 4) is 10.4 Å². The number of benzene rings is 2. The number of nitrogens with one attached hydrogen (secondary N) is 2. The highest BCUT2D eigenvalue weighted by molar-refractivity contribution is 7.13. The Kier molecular flexibility index (Phi) is 7.27. The summed E-state index contributed by atoms with van der Waals surface area (Å²) in [5.41, 5.74) is 8.82. The molecule has 166 valence electrons. The van der Waals surface area contributed by atoms with E-state index in [1.54, 1.807) is 55.5 Å². The van der Waals surface area contributed by atoms with Crippen LogP contribution in [0.2, 0.25) is 0 Å². The largest absolute Gasteiger partial charge is 0.447 e. The number of anilines is 2. The average molecular weight is 452 g/mol. The van der Waals surface area contributed by atoms with E-state index in [1.165, 1.54) is 7.05 Å². The predicted molar refractivity (Wildman–Crippen MR) is 126 cm³/mol. The van der Waals surface area contributed by atoms with Crippen molar-refractivity contribution in [3.05, 3.63) is 71.1 Å². The Balaban J connectivity index is 1.78. The van der Waals surface area contributed by atoms with Crippen LogP contribution in [0.3, 0.4) is 0 Å². The van der Waals surface area contributed by atoms with E-state index in [0.717, 1.165) is 10.4 Å². The molecule has 7 nitrogen and oxygen atoms in total. The normalized spacial score (nSPS) is 11.6. The molecule has 0 bridgehead atoms. The Morgan fingerprint density at radius 2 is 1.75 bits per heavy atom. The number of hydrogen-bond donors (Lipinski definition) is 3. The second kappa shape index (κ2) is 10.1. The third kappa shape index (κ3) is 5.33. The number of esters is 1. The Morgan fingerprint density at radius 1 is 1.03 bits per heavy atom. The van der Waals surface area contributed by atoms with Crippen LogP contribution in [0.15, 0.2) is 60.0 Å². The van der Waals surface area contributed by atoms with Crippen LogP contribution in [0.4, 0.5) is 11.4 Å². The summed E-state index contributed by atoms with van der Waals surface area (Å²) in [7, 11) is 1.47. The van der Waals surface area contributed by atoms with Crippen LogP contribution in [-0.2, 0) is 14.3 Å². The van der Waals surface area contributed by atoms with Crippen LogP contribution in [0, 0.1) is 5.92 Å². The van der Waals surface area contributed by atoms with E-state index in [-0.39, 0.29) is 11.8 Å². The highest BCUT2D eigenvalue weighted by atomic mass is 32.1. The van der Waals surface area contributed by atoms with Crippen molar-refractivity contribution in [2.75, 3.05) is 18.1 Å². The fourth-order valence-electron chi connectivity index (χ4n) is 2.92. The molecule has 1 aromatic heterocycles. The molecule has 1 unspecified atom stereocenters. The zero-order valence-corrected chi connectivity index (χ0v) is 18.9. The first-order valence-corrected chi connectivity index (χ1v) is 10.9. The van der Waals surface area contributed by atoms with E-state index in [9.17, 15) is 14.4 Å². The van der Waals surface area contributed by atoms with E-state index < -0.39 is 18.0 Å². The molecular weight excluding hydrogens is 426 g/mol. The number of carbonyl (C=O) groups is 3. The lowest BCUT2D eigenvalue weighted by Gasteiger charge is -2.18. The van der Waals surface area contributed by atoms with Crippen LogP contribution in [-0.4, -0.2) is 24.8 Å². The van der Waals surface area contributed by atoms with Gasteiger partial charge < -0.3 is 21.1 Å². The molecule has 0 aliphatic carbocycles. The smallest absolute Gasteiger partial charge is 0.309 e. The molecule has 0 saturated carbocycles. The van der Waals surface area contributed by atoms with E-state index in [2.05, 4.69) is 10.6 Å². The minimum absolute atomic E-state index is 0.345. The molecule has 32 heavy (non-hydrogen) atoms. The zero-order valence-electron chi connectivity index (χ0n) is 18.0. The minimum atomic E-state index is -1.09.